The lowest BCUT2D eigenvalue weighted by atomic mass is 9.48. The van der Waals surface area contributed by atoms with Gasteiger partial charge in [-0.3, -0.25) is 4.79 Å². The van der Waals surface area contributed by atoms with Crippen LogP contribution in [-0.2, 0) is 10.0 Å². The summed E-state index contributed by atoms with van der Waals surface area (Å²) in [7, 11) is -3.73. The van der Waals surface area contributed by atoms with Gasteiger partial charge in [0.2, 0.25) is 10.0 Å². The maximum Gasteiger partial charge on any atom is 0.251 e. The number of hydrogen-bond donors (Lipinski definition) is 2. The van der Waals surface area contributed by atoms with E-state index in [2.05, 4.69) is 12.2 Å². The highest BCUT2D eigenvalue weighted by Gasteiger charge is 2.53. The Hall–Kier alpha value is -1.40. The van der Waals surface area contributed by atoms with Gasteiger partial charge in [0.25, 0.3) is 5.91 Å². The molecule has 0 heterocycles. The van der Waals surface area contributed by atoms with Crippen LogP contribution in [0.4, 0.5) is 0 Å². The molecule has 0 aromatic heterocycles. The predicted molar refractivity (Wildman–Crippen MR) is 95.3 cm³/mol. The van der Waals surface area contributed by atoms with Crippen LogP contribution in [0, 0.1) is 23.2 Å². The van der Waals surface area contributed by atoms with Gasteiger partial charge >= 0.3 is 0 Å². The smallest absolute Gasteiger partial charge is 0.251 e. The normalized spacial score (nSPS) is 34.7. The van der Waals surface area contributed by atoms with Gasteiger partial charge in [-0.15, -0.1) is 0 Å². The third kappa shape index (κ3) is 3.10. The molecule has 0 saturated heterocycles. The standard InChI is InChI=1S/C19H26N2O3S/c1-12(19-9-13-6-14(10-19)8-15(7-13)11-19)21-18(22)16-2-4-17(5-3-16)25(20,23)24/h2-5,12-15H,6-11H2,1H3,(H,21,22)(H2,20,23,24)/t12-,13?,14?,15?,19?/m1/s1. The number of nitrogens with one attached hydrogen (secondary N) is 1. The first-order valence-electron chi connectivity index (χ1n) is 9.19. The molecule has 136 valence electrons. The van der Waals surface area contributed by atoms with Gasteiger partial charge in [-0.05, 0) is 92.9 Å². The van der Waals surface area contributed by atoms with Crippen molar-refractivity contribution >= 4 is 15.9 Å². The fourth-order valence-electron chi connectivity index (χ4n) is 5.94. The maximum absolute atomic E-state index is 12.6. The maximum atomic E-state index is 12.6. The van der Waals surface area contributed by atoms with E-state index in [-0.39, 0.29) is 22.3 Å². The zero-order valence-corrected chi connectivity index (χ0v) is 15.4. The van der Waals surface area contributed by atoms with Gasteiger partial charge in [0.05, 0.1) is 4.90 Å². The molecule has 5 rings (SSSR count). The number of sulfonamides is 1. The van der Waals surface area contributed by atoms with Crippen LogP contribution in [0.5, 0.6) is 0 Å². The molecule has 25 heavy (non-hydrogen) atoms. The second-order valence-corrected chi connectivity index (χ2v) is 10.1. The van der Waals surface area contributed by atoms with Crippen LogP contribution in [-0.4, -0.2) is 20.4 Å². The SMILES string of the molecule is C[C@@H](NC(=O)c1ccc(S(N)(=O)=O)cc1)C12CC3CC(CC(C3)C1)C2. The molecule has 3 N–H and O–H groups in total. The zero-order chi connectivity index (χ0) is 17.8. The summed E-state index contributed by atoms with van der Waals surface area (Å²) in [6, 6.07) is 5.98. The van der Waals surface area contributed by atoms with Crippen LogP contribution in [0.15, 0.2) is 29.2 Å². The lowest BCUT2D eigenvalue weighted by molar-refractivity contribution is -0.0688. The molecule has 4 aliphatic carbocycles. The van der Waals surface area contributed by atoms with Gasteiger partial charge in [0.1, 0.15) is 0 Å². The van der Waals surface area contributed by atoms with Gasteiger partial charge in [-0.25, -0.2) is 13.6 Å². The molecule has 4 aliphatic rings. The van der Waals surface area contributed by atoms with E-state index < -0.39 is 10.0 Å². The predicted octanol–water partition coefficient (Wildman–Crippen LogP) is 2.67. The first-order valence-corrected chi connectivity index (χ1v) is 10.7. The summed E-state index contributed by atoms with van der Waals surface area (Å²) >= 11 is 0. The molecule has 0 unspecified atom stereocenters. The van der Waals surface area contributed by atoms with E-state index in [4.69, 9.17) is 5.14 Å². The average Bonchev–Trinajstić information content (AvgIpc) is 2.52. The zero-order valence-electron chi connectivity index (χ0n) is 14.6. The number of carbonyl (C=O) groups excluding carboxylic acids is 1. The minimum absolute atomic E-state index is 0.0261. The van der Waals surface area contributed by atoms with E-state index in [1.807, 2.05) is 0 Å². The van der Waals surface area contributed by atoms with Gasteiger partial charge in [0, 0.05) is 11.6 Å². The summed E-state index contributed by atoms with van der Waals surface area (Å²) in [6.07, 6.45) is 7.87. The molecular weight excluding hydrogens is 336 g/mol. The van der Waals surface area contributed by atoms with Crippen molar-refractivity contribution in [2.24, 2.45) is 28.3 Å². The van der Waals surface area contributed by atoms with Gasteiger partial charge in [0.15, 0.2) is 0 Å². The van der Waals surface area contributed by atoms with Crippen molar-refractivity contribution < 1.29 is 13.2 Å². The summed E-state index contributed by atoms with van der Waals surface area (Å²) in [5.41, 5.74) is 0.731. The molecule has 0 aliphatic heterocycles. The third-order valence-corrected chi connectivity index (χ3v) is 7.73. The van der Waals surface area contributed by atoms with E-state index in [1.165, 1.54) is 62.8 Å². The molecule has 4 saturated carbocycles. The van der Waals surface area contributed by atoms with Gasteiger partial charge < -0.3 is 5.32 Å². The number of benzene rings is 1. The molecule has 1 aromatic rings. The molecular formula is C19H26N2O3S. The lowest BCUT2D eigenvalue weighted by Gasteiger charge is -2.59. The summed E-state index contributed by atoms with van der Waals surface area (Å²) < 4.78 is 22.7. The molecule has 1 atom stereocenters. The Labute approximate surface area is 149 Å². The van der Waals surface area contributed by atoms with Crippen molar-refractivity contribution in [2.45, 2.75) is 56.4 Å². The largest absolute Gasteiger partial charge is 0.349 e. The molecule has 6 heteroatoms. The van der Waals surface area contributed by atoms with Crippen LogP contribution in [0.3, 0.4) is 0 Å². The van der Waals surface area contributed by atoms with Crippen molar-refractivity contribution in [1.29, 1.82) is 0 Å². The van der Waals surface area contributed by atoms with E-state index in [9.17, 15) is 13.2 Å². The van der Waals surface area contributed by atoms with Crippen LogP contribution in [0.25, 0.3) is 0 Å². The molecule has 4 bridgehead atoms. The van der Waals surface area contributed by atoms with Crippen LogP contribution < -0.4 is 10.5 Å². The highest BCUT2D eigenvalue weighted by Crippen LogP contribution is 2.61. The van der Waals surface area contributed by atoms with Crippen molar-refractivity contribution in [3.05, 3.63) is 29.8 Å². The molecule has 4 fully saturated rings. The number of amides is 1. The summed E-state index contributed by atoms with van der Waals surface area (Å²) in [5, 5.41) is 8.30. The van der Waals surface area contributed by atoms with Crippen molar-refractivity contribution in [2.75, 3.05) is 0 Å². The number of primary sulfonamides is 1. The molecule has 1 aromatic carbocycles. The number of hydrogen-bond acceptors (Lipinski definition) is 3. The second kappa shape index (κ2) is 5.81. The first kappa shape index (κ1) is 17.0. The van der Waals surface area contributed by atoms with E-state index in [0.29, 0.717) is 5.56 Å². The Balaban J connectivity index is 1.47. The first-order chi connectivity index (χ1) is 11.7. The van der Waals surface area contributed by atoms with Crippen LogP contribution in [0.1, 0.15) is 55.8 Å². The Bertz CT molecular complexity index is 750. The highest BCUT2D eigenvalue weighted by molar-refractivity contribution is 7.89. The van der Waals surface area contributed by atoms with Crippen molar-refractivity contribution in [1.82, 2.24) is 5.32 Å². The average molecular weight is 362 g/mol. The number of carbonyl (C=O) groups is 1. The third-order valence-electron chi connectivity index (χ3n) is 6.80. The molecule has 5 nitrogen and oxygen atoms in total. The quantitative estimate of drug-likeness (QED) is 0.863. The van der Waals surface area contributed by atoms with Gasteiger partial charge in [-0.2, -0.15) is 0 Å². The minimum atomic E-state index is -3.73. The minimum Gasteiger partial charge on any atom is -0.349 e. The Morgan fingerprint density at radius 1 is 1.08 bits per heavy atom. The fraction of sp³-hybridized carbons (Fsp3) is 0.632. The Kier molecular flexibility index (Phi) is 3.96. The molecule has 0 radical (unpaired) electrons. The summed E-state index contributed by atoms with van der Waals surface area (Å²) in [6.45, 7) is 2.14. The highest BCUT2D eigenvalue weighted by atomic mass is 32.2. The molecule has 1 amide bonds. The number of nitrogens with two attached hydrogens (primary N) is 1. The van der Waals surface area contributed by atoms with Crippen molar-refractivity contribution in [3.8, 4) is 0 Å². The number of rotatable bonds is 4. The second-order valence-electron chi connectivity index (χ2n) is 8.54. The van der Waals surface area contributed by atoms with E-state index in [0.717, 1.165) is 17.8 Å². The molecule has 0 spiro atoms. The van der Waals surface area contributed by atoms with Crippen molar-refractivity contribution in [3.63, 3.8) is 0 Å². The topological polar surface area (TPSA) is 89.3 Å². The van der Waals surface area contributed by atoms with E-state index in [1.54, 1.807) is 0 Å². The Morgan fingerprint density at radius 3 is 2.00 bits per heavy atom. The summed E-state index contributed by atoms with van der Waals surface area (Å²) in [5.74, 6) is 2.41. The summed E-state index contributed by atoms with van der Waals surface area (Å²) in [4.78, 5) is 12.6. The van der Waals surface area contributed by atoms with Gasteiger partial charge in [-0.1, -0.05) is 0 Å². The van der Waals surface area contributed by atoms with Crippen LogP contribution in [0.2, 0.25) is 0 Å². The fourth-order valence-corrected chi connectivity index (χ4v) is 6.45. The Morgan fingerprint density at radius 2 is 1.56 bits per heavy atom. The van der Waals surface area contributed by atoms with Crippen LogP contribution >= 0.6 is 0 Å². The van der Waals surface area contributed by atoms with E-state index >= 15 is 0 Å². The lowest BCUT2D eigenvalue weighted by Crippen LogP contribution is -2.55. The monoisotopic (exact) mass is 362 g/mol.